The Morgan fingerprint density at radius 2 is 2.08 bits per heavy atom. The Morgan fingerprint density at radius 1 is 1.38 bits per heavy atom. The van der Waals surface area contributed by atoms with Crippen LogP contribution in [0, 0.1) is 0 Å². The molecule has 0 bridgehead atoms. The summed E-state index contributed by atoms with van der Waals surface area (Å²) in [6, 6.07) is 0. The zero-order chi connectivity index (χ0) is 10.1. The normalized spacial score (nSPS) is 15.7. The van der Waals surface area contributed by atoms with Crippen molar-refractivity contribution in [3.63, 3.8) is 0 Å². The number of ether oxygens (including phenoxy) is 1. The monoisotopic (exact) mass is 242 g/mol. The van der Waals surface area contributed by atoms with E-state index in [1.54, 1.807) is 23.5 Å². The van der Waals surface area contributed by atoms with Crippen LogP contribution in [-0.2, 0) is 4.74 Å². The Balaban J connectivity index is 3.53. The molecule has 0 saturated heterocycles. The maximum Gasteiger partial charge on any atom is 0.156 e. The van der Waals surface area contributed by atoms with Gasteiger partial charge in [0.05, 0.1) is 0 Å². The van der Waals surface area contributed by atoms with E-state index in [4.69, 9.17) is 4.74 Å². The highest BCUT2D eigenvalue weighted by atomic mass is 32.2. The molecule has 0 aliphatic rings. The maximum atomic E-state index is 9.43. The predicted octanol–water partition coefficient (Wildman–Crippen LogP) is 2.08. The molecule has 0 heterocycles. The summed E-state index contributed by atoms with van der Waals surface area (Å²) >= 11 is 7.46. The average Bonchev–Trinajstić information content (AvgIpc) is 2.14. The van der Waals surface area contributed by atoms with Crippen LogP contribution in [0.15, 0.2) is 0 Å². The van der Waals surface area contributed by atoms with Crippen molar-refractivity contribution in [3.8, 4) is 0 Å². The standard InChI is InChI=1S/C8H18O2S3/c1-12-6-4-7(9)10-8(13-2)3-5-11/h7-9,11H,3-6H2,1-2H3. The number of hydrogen-bond donors (Lipinski definition) is 2. The molecule has 0 aromatic carbocycles. The number of aliphatic hydroxyl groups excluding tert-OH is 1. The van der Waals surface area contributed by atoms with Gasteiger partial charge in [-0.25, -0.2) is 0 Å². The van der Waals surface area contributed by atoms with Crippen molar-refractivity contribution in [2.45, 2.75) is 24.6 Å². The lowest BCUT2D eigenvalue weighted by molar-refractivity contribution is -0.110. The van der Waals surface area contributed by atoms with Crippen LogP contribution in [0.25, 0.3) is 0 Å². The Hall–Kier alpha value is 0.970. The van der Waals surface area contributed by atoms with E-state index in [1.807, 2.05) is 12.5 Å². The quantitative estimate of drug-likeness (QED) is 0.504. The van der Waals surface area contributed by atoms with Gasteiger partial charge in [0, 0.05) is 6.42 Å². The van der Waals surface area contributed by atoms with Crippen LogP contribution in [0.4, 0.5) is 0 Å². The molecule has 1 N–H and O–H groups in total. The topological polar surface area (TPSA) is 29.5 Å². The lowest BCUT2D eigenvalue weighted by Crippen LogP contribution is -2.20. The van der Waals surface area contributed by atoms with Gasteiger partial charge in [-0.2, -0.15) is 24.4 Å². The van der Waals surface area contributed by atoms with E-state index >= 15 is 0 Å². The Labute approximate surface area is 94.6 Å². The van der Waals surface area contributed by atoms with Gasteiger partial charge in [0.1, 0.15) is 5.44 Å². The van der Waals surface area contributed by atoms with E-state index in [2.05, 4.69) is 12.6 Å². The number of hydrogen-bond acceptors (Lipinski definition) is 5. The molecule has 0 aromatic rings. The molecule has 2 nitrogen and oxygen atoms in total. The molecule has 0 radical (unpaired) electrons. The molecular formula is C8H18O2S3. The third-order valence-corrected chi connectivity index (χ3v) is 3.28. The summed E-state index contributed by atoms with van der Waals surface area (Å²) in [7, 11) is 0. The van der Waals surface area contributed by atoms with Gasteiger partial charge >= 0.3 is 0 Å². The molecule has 0 aromatic heterocycles. The summed E-state index contributed by atoms with van der Waals surface area (Å²) in [4.78, 5) is 0. The first-order valence-corrected chi connectivity index (χ1v) is 7.52. The SMILES string of the molecule is CSCCC(O)OC(CCS)SC. The van der Waals surface area contributed by atoms with E-state index in [9.17, 15) is 5.11 Å². The number of rotatable bonds is 8. The van der Waals surface area contributed by atoms with Crippen molar-refractivity contribution >= 4 is 36.2 Å². The van der Waals surface area contributed by atoms with Crippen molar-refractivity contribution in [2.24, 2.45) is 0 Å². The maximum absolute atomic E-state index is 9.43. The van der Waals surface area contributed by atoms with Crippen LogP contribution in [0.1, 0.15) is 12.8 Å². The fraction of sp³-hybridized carbons (Fsp3) is 1.00. The highest BCUT2D eigenvalue weighted by molar-refractivity contribution is 7.99. The van der Waals surface area contributed by atoms with Gasteiger partial charge in [0.25, 0.3) is 0 Å². The average molecular weight is 242 g/mol. The van der Waals surface area contributed by atoms with Crippen molar-refractivity contribution in [3.05, 3.63) is 0 Å². The largest absolute Gasteiger partial charge is 0.368 e. The van der Waals surface area contributed by atoms with Gasteiger partial charge < -0.3 is 9.84 Å². The fourth-order valence-corrected chi connectivity index (χ4v) is 2.25. The van der Waals surface area contributed by atoms with E-state index in [-0.39, 0.29) is 5.44 Å². The lowest BCUT2D eigenvalue weighted by atomic mass is 10.4. The van der Waals surface area contributed by atoms with E-state index < -0.39 is 6.29 Å². The first kappa shape index (κ1) is 14.0. The van der Waals surface area contributed by atoms with E-state index in [1.165, 1.54) is 0 Å². The van der Waals surface area contributed by atoms with Crippen LogP contribution >= 0.6 is 36.2 Å². The van der Waals surface area contributed by atoms with Gasteiger partial charge in [-0.1, -0.05) is 0 Å². The molecule has 80 valence electrons. The summed E-state index contributed by atoms with van der Waals surface area (Å²) in [6.07, 6.45) is 4.96. The van der Waals surface area contributed by atoms with Gasteiger partial charge in [-0.3, -0.25) is 0 Å². The molecule has 2 atom stereocenters. The molecule has 0 spiro atoms. The summed E-state index contributed by atoms with van der Waals surface area (Å²) in [5.41, 5.74) is 0.0781. The molecular weight excluding hydrogens is 224 g/mol. The third kappa shape index (κ3) is 8.00. The summed E-state index contributed by atoms with van der Waals surface area (Å²) in [5.74, 6) is 1.73. The zero-order valence-corrected chi connectivity index (χ0v) is 10.6. The molecule has 0 rings (SSSR count). The van der Waals surface area contributed by atoms with Gasteiger partial charge in [0.2, 0.25) is 0 Å². The molecule has 0 fully saturated rings. The highest BCUT2D eigenvalue weighted by Crippen LogP contribution is 2.16. The Bertz CT molecular complexity index is 114. The number of aliphatic hydroxyl groups is 1. The molecule has 0 saturated carbocycles. The first-order chi connectivity index (χ1) is 6.24. The van der Waals surface area contributed by atoms with Gasteiger partial charge in [-0.05, 0) is 30.4 Å². The number of thiol groups is 1. The Kier molecular flexibility index (Phi) is 10.2. The van der Waals surface area contributed by atoms with Gasteiger partial charge in [0.15, 0.2) is 6.29 Å². The lowest BCUT2D eigenvalue weighted by Gasteiger charge is -2.18. The molecule has 5 heteroatoms. The summed E-state index contributed by atoms with van der Waals surface area (Å²) in [6.45, 7) is 0. The van der Waals surface area contributed by atoms with Crippen molar-refractivity contribution in [1.82, 2.24) is 0 Å². The van der Waals surface area contributed by atoms with Crippen LogP contribution in [-0.4, -0.2) is 40.8 Å². The van der Waals surface area contributed by atoms with Crippen LogP contribution < -0.4 is 0 Å². The minimum atomic E-state index is -0.621. The fourth-order valence-electron chi connectivity index (χ4n) is 0.809. The molecule has 0 amide bonds. The first-order valence-electron chi connectivity index (χ1n) is 4.20. The van der Waals surface area contributed by atoms with Crippen molar-refractivity contribution in [2.75, 3.05) is 24.0 Å². The highest BCUT2D eigenvalue weighted by Gasteiger charge is 2.11. The van der Waals surface area contributed by atoms with Crippen molar-refractivity contribution in [1.29, 1.82) is 0 Å². The summed E-state index contributed by atoms with van der Waals surface area (Å²) < 4.78 is 5.40. The number of thioether (sulfide) groups is 2. The minimum absolute atomic E-state index is 0.0781. The molecule has 0 aliphatic heterocycles. The minimum Gasteiger partial charge on any atom is -0.368 e. The second-order valence-electron chi connectivity index (χ2n) is 2.55. The van der Waals surface area contributed by atoms with Crippen LogP contribution in [0.3, 0.4) is 0 Å². The predicted molar refractivity (Wildman–Crippen MR) is 65.9 cm³/mol. The zero-order valence-electron chi connectivity index (χ0n) is 8.10. The van der Waals surface area contributed by atoms with Crippen LogP contribution in [0.5, 0.6) is 0 Å². The molecule has 13 heavy (non-hydrogen) atoms. The Morgan fingerprint density at radius 3 is 2.54 bits per heavy atom. The van der Waals surface area contributed by atoms with Gasteiger partial charge in [-0.15, -0.1) is 11.8 Å². The van der Waals surface area contributed by atoms with Crippen molar-refractivity contribution < 1.29 is 9.84 Å². The van der Waals surface area contributed by atoms with E-state index in [0.29, 0.717) is 6.42 Å². The van der Waals surface area contributed by atoms with Crippen LogP contribution in [0.2, 0.25) is 0 Å². The second-order valence-corrected chi connectivity index (χ2v) is 4.98. The van der Waals surface area contributed by atoms with E-state index in [0.717, 1.165) is 17.9 Å². The third-order valence-electron chi connectivity index (χ3n) is 1.51. The summed E-state index contributed by atoms with van der Waals surface area (Å²) in [5, 5.41) is 9.43. The molecule has 2 unspecified atom stereocenters. The smallest absolute Gasteiger partial charge is 0.156 e. The second kappa shape index (κ2) is 9.52. The molecule has 0 aliphatic carbocycles.